The first-order valence-corrected chi connectivity index (χ1v) is 7.00. The average molecular weight is 446 g/mol. The molecule has 0 aromatic carbocycles. The van der Waals surface area contributed by atoms with Crippen molar-refractivity contribution < 1.29 is 17.9 Å². The van der Waals surface area contributed by atoms with Gasteiger partial charge in [-0.25, -0.2) is 4.98 Å². The van der Waals surface area contributed by atoms with Crippen molar-refractivity contribution in [1.29, 1.82) is 0 Å². The first kappa shape index (κ1) is 21.7. The summed E-state index contributed by atoms with van der Waals surface area (Å²) in [7, 11) is 1.62. The number of rotatable bonds is 6. The Bertz CT molecular complexity index is 497. The molecule has 0 amide bonds. The molecule has 1 aromatic rings. The van der Waals surface area contributed by atoms with Crippen LogP contribution in [-0.2, 0) is 6.18 Å². The van der Waals surface area contributed by atoms with Gasteiger partial charge in [0.15, 0.2) is 5.96 Å². The van der Waals surface area contributed by atoms with E-state index in [1.165, 1.54) is 12.3 Å². The topological polar surface area (TPSA) is 58.5 Å². The molecular weight excluding hydrogens is 424 g/mol. The van der Waals surface area contributed by atoms with Gasteiger partial charge in [-0.2, -0.15) is 13.2 Å². The molecule has 0 aliphatic rings. The Hall–Kier alpha value is -1.26. The minimum absolute atomic E-state index is 0. The zero-order valence-electron chi connectivity index (χ0n) is 13.3. The van der Waals surface area contributed by atoms with E-state index in [0.29, 0.717) is 12.5 Å². The van der Waals surface area contributed by atoms with Gasteiger partial charge in [-0.3, -0.25) is 4.99 Å². The second-order valence-electron chi connectivity index (χ2n) is 4.65. The molecule has 132 valence electrons. The second kappa shape index (κ2) is 10.5. The molecule has 0 saturated carbocycles. The Labute approximate surface area is 151 Å². The highest BCUT2D eigenvalue weighted by Crippen LogP contribution is 2.34. The van der Waals surface area contributed by atoms with Crippen molar-refractivity contribution in [3.63, 3.8) is 0 Å². The van der Waals surface area contributed by atoms with E-state index in [1.807, 2.05) is 13.8 Å². The Morgan fingerprint density at radius 3 is 2.70 bits per heavy atom. The fourth-order valence-corrected chi connectivity index (χ4v) is 1.57. The molecule has 5 nitrogen and oxygen atoms in total. The molecule has 1 atom stereocenters. The minimum atomic E-state index is -4.48. The van der Waals surface area contributed by atoms with Crippen molar-refractivity contribution in [3.05, 3.63) is 23.9 Å². The molecule has 0 spiro atoms. The van der Waals surface area contributed by atoms with Gasteiger partial charge >= 0.3 is 6.18 Å². The standard InChI is InChI=1S/C14H21F3N4O.HI/c1-4-10(2)21-13(18-3)20-8-9-22-12-11(14(15,16)17)6-5-7-19-12;/h5-7,10H,4,8-9H2,1-3H3,(H2,18,20,21);1H. The van der Waals surface area contributed by atoms with Crippen molar-refractivity contribution >= 4 is 29.9 Å². The van der Waals surface area contributed by atoms with Crippen molar-refractivity contribution in [2.45, 2.75) is 32.5 Å². The molecule has 0 radical (unpaired) electrons. The van der Waals surface area contributed by atoms with E-state index in [9.17, 15) is 13.2 Å². The molecule has 1 rings (SSSR count). The Morgan fingerprint density at radius 1 is 1.43 bits per heavy atom. The lowest BCUT2D eigenvalue weighted by molar-refractivity contribution is -0.139. The van der Waals surface area contributed by atoms with Crippen LogP contribution in [0.1, 0.15) is 25.8 Å². The zero-order chi connectivity index (χ0) is 16.6. The van der Waals surface area contributed by atoms with Crippen molar-refractivity contribution in [2.75, 3.05) is 20.2 Å². The SMILES string of the molecule is CCC(C)NC(=NC)NCCOc1ncccc1C(F)(F)F.I. The van der Waals surface area contributed by atoms with Crippen molar-refractivity contribution in [1.82, 2.24) is 15.6 Å². The lowest BCUT2D eigenvalue weighted by Crippen LogP contribution is -2.43. The summed E-state index contributed by atoms with van der Waals surface area (Å²) < 4.78 is 43.4. The fourth-order valence-electron chi connectivity index (χ4n) is 1.57. The van der Waals surface area contributed by atoms with E-state index in [4.69, 9.17) is 4.74 Å². The maximum atomic E-state index is 12.8. The Balaban J connectivity index is 0.00000484. The number of nitrogens with one attached hydrogen (secondary N) is 2. The van der Waals surface area contributed by atoms with Crippen LogP contribution in [0.15, 0.2) is 23.3 Å². The molecule has 0 aliphatic heterocycles. The number of hydrogen-bond donors (Lipinski definition) is 2. The molecule has 1 aromatic heterocycles. The molecule has 0 saturated heterocycles. The number of halogens is 4. The highest BCUT2D eigenvalue weighted by atomic mass is 127. The first-order valence-electron chi connectivity index (χ1n) is 7.00. The third-order valence-electron chi connectivity index (χ3n) is 2.93. The summed E-state index contributed by atoms with van der Waals surface area (Å²) in [4.78, 5) is 7.65. The first-order chi connectivity index (χ1) is 10.4. The van der Waals surface area contributed by atoms with Crippen molar-refractivity contribution in [3.8, 4) is 5.88 Å². The summed E-state index contributed by atoms with van der Waals surface area (Å²) in [5.74, 6) is 0.164. The van der Waals surface area contributed by atoms with E-state index in [0.717, 1.165) is 12.5 Å². The highest BCUT2D eigenvalue weighted by molar-refractivity contribution is 14.0. The van der Waals surface area contributed by atoms with Crippen LogP contribution < -0.4 is 15.4 Å². The van der Waals surface area contributed by atoms with E-state index < -0.39 is 17.6 Å². The van der Waals surface area contributed by atoms with Gasteiger partial charge in [-0.05, 0) is 25.5 Å². The quantitative estimate of drug-likeness (QED) is 0.305. The monoisotopic (exact) mass is 446 g/mol. The lowest BCUT2D eigenvalue weighted by atomic mass is 10.2. The maximum absolute atomic E-state index is 12.8. The smallest absolute Gasteiger partial charge is 0.421 e. The third-order valence-corrected chi connectivity index (χ3v) is 2.93. The number of aromatic nitrogens is 1. The summed E-state index contributed by atoms with van der Waals surface area (Å²) >= 11 is 0. The molecule has 0 fully saturated rings. The van der Waals surface area contributed by atoms with Gasteiger partial charge in [0.05, 0.1) is 6.54 Å². The van der Waals surface area contributed by atoms with E-state index in [2.05, 4.69) is 20.6 Å². The van der Waals surface area contributed by atoms with Crippen LogP contribution in [0.2, 0.25) is 0 Å². The van der Waals surface area contributed by atoms with Gasteiger partial charge in [0.1, 0.15) is 12.2 Å². The van der Waals surface area contributed by atoms with Crippen LogP contribution in [0.25, 0.3) is 0 Å². The second-order valence-corrected chi connectivity index (χ2v) is 4.65. The van der Waals surface area contributed by atoms with Crippen LogP contribution >= 0.6 is 24.0 Å². The van der Waals surface area contributed by atoms with Crippen LogP contribution in [0.5, 0.6) is 5.88 Å². The minimum Gasteiger partial charge on any atom is -0.475 e. The van der Waals surface area contributed by atoms with Gasteiger partial charge in [0, 0.05) is 19.3 Å². The van der Waals surface area contributed by atoms with Crippen LogP contribution in [0, 0.1) is 0 Å². The molecule has 1 unspecified atom stereocenters. The van der Waals surface area contributed by atoms with E-state index in [1.54, 1.807) is 7.05 Å². The zero-order valence-corrected chi connectivity index (χ0v) is 15.6. The van der Waals surface area contributed by atoms with Gasteiger partial charge in [0.2, 0.25) is 5.88 Å². The largest absolute Gasteiger partial charge is 0.475 e. The predicted molar refractivity (Wildman–Crippen MR) is 94.4 cm³/mol. The number of hydrogen-bond acceptors (Lipinski definition) is 3. The van der Waals surface area contributed by atoms with E-state index >= 15 is 0 Å². The maximum Gasteiger partial charge on any atom is 0.421 e. The molecular formula is C14H22F3IN4O. The number of ether oxygens (including phenoxy) is 1. The summed E-state index contributed by atoms with van der Waals surface area (Å²) in [6, 6.07) is 2.42. The summed E-state index contributed by atoms with van der Waals surface area (Å²) in [6.07, 6.45) is -2.29. The van der Waals surface area contributed by atoms with Gasteiger partial charge in [-0.15, -0.1) is 24.0 Å². The average Bonchev–Trinajstić information content (AvgIpc) is 2.49. The molecule has 0 bridgehead atoms. The van der Waals surface area contributed by atoms with Crippen molar-refractivity contribution in [2.24, 2.45) is 4.99 Å². The fraction of sp³-hybridized carbons (Fsp3) is 0.571. The van der Waals surface area contributed by atoms with Gasteiger partial charge < -0.3 is 15.4 Å². The Kier molecular flexibility index (Phi) is 9.93. The summed E-state index contributed by atoms with van der Waals surface area (Å²) in [6.45, 7) is 4.39. The van der Waals surface area contributed by atoms with Crippen LogP contribution in [0.4, 0.5) is 13.2 Å². The third kappa shape index (κ3) is 7.71. The number of nitrogens with zero attached hydrogens (tertiary/aromatic N) is 2. The van der Waals surface area contributed by atoms with Crippen LogP contribution in [0.3, 0.4) is 0 Å². The summed E-state index contributed by atoms with van der Waals surface area (Å²) in [5.41, 5.74) is -0.878. The lowest BCUT2D eigenvalue weighted by Gasteiger charge is -2.17. The molecule has 23 heavy (non-hydrogen) atoms. The van der Waals surface area contributed by atoms with Gasteiger partial charge in [0.25, 0.3) is 0 Å². The number of aliphatic imine (C=N–C) groups is 1. The molecule has 9 heteroatoms. The molecule has 1 heterocycles. The highest BCUT2D eigenvalue weighted by Gasteiger charge is 2.34. The predicted octanol–water partition coefficient (Wildman–Crippen LogP) is 3.06. The number of guanidine groups is 1. The van der Waals surface area contributed by atoms with E-state index in [-0.39, 0.29) is 36.6 Å². The number of pyridine rings is 1. The molecule has 0 aliphatic carbocycles. The van der Waals surface area contributed by atoms with Crippen LogP contribution in [-0.4, -0.2) is 37.2 Å². The number of alkyl halides is 3. The van der Waals surface area contributed by atoms with Gasteiger partial charge in [-0.1, -0.05) is 6.92 Å². The molecule has 2 N–H and O–H groups in total. The Morgan fingerprint density at radius 2 is 2.13 bits per heavy atom. The normalized spacial score (nSPS) is 13.0. The summed E-state index contributed by atoms with van der Waals surface area (Å²) in [5, 5.41) is 6.11.